The molecule has 0 spiro atoms. The Morgan fingerprint density at radius 2 is 2.00 bits per heavy atom. The van der Waals surface area contributed by atoms with Crippen LogP contribution in [0.2, 0.25) is 0 Å². The van der Waals surface area contributed by atoms with Gasteiger partial charge in [0.1, 0.15) is 36.0 Å². The number of aliphatic hydroxyl groups excluding tert-OH is 2. The number of anilines is 1. The Labute approximate surface area is 170 Å². The smallest absolute Gasteiger partial charge is 0.263 e. The minimum atomic E-state index is -3.67. The van der Waals surface area contributed by atoms with Gasteiger partial charge in [-0.3, -0.25) is 14.3 Å². The molecule has 0 bridgehead atoms. The van der Waals surface area contributed by atoms with Crippen LogP contribution in [0.4, 0.5) is 5.82 Å². The molecule has 0 aliphatic carbocycles. The summed E-state index contributed by atoms with van der Waals surface area (Å²) >= 11 is 0. The zero-order valence-corrected chi connectivity index (χ0v) is 16.1. The lowest BCUT2D eigenvalue weighted by Gasteiger charge is -2.16. The van der Waals surface area contributed by atoms with Crippen molar-refractivity contribution < 1.29 is 23.4 Å². The van der Waals surface area contributed by atoms with Crippen molar-refractivity contribution in [3.05, 3.63) is 42.5 Å². The molecular formula is C17H17N7O5S. The number of nitrogen functional groups attached to an aromatic ring is 1. The lowest BCUT2D eigenvalue weighted by Crippen LogP contribution is -2.33. The first kappa shape index (κ1) is 18.9. The molecular weight excluding hydrogens is 414 g/mol. The average Bonchev–Trinajstić information content (AvgIpc) is 3.35. The molecule has 0 saturated carbocycles. The van der Waals surface area contributed by atoms with Crippen LogP contribution >= 0.6 is 0 Å². The molecule has 2 aliphatic heterocycles. The van der Waals surface area contributed by atoms with Crippen LogP contribution in [-0.2, 0) is 14.8 Å². The van der Waals surface area contributed by atoms with Crippen LogP contribution in [0.1, 0.15) is 11.8 Å². The second-order valence-corrected chi connectivity index (χ2v) is 8.57. The summed E-state index contributed by atoms with van der Waals surface area (Å²) in [7, 11) is -3.67. The van der Waals surface area contributed by atoms with Gasteiger partial charge < -0.3 is 20.7 Å². The number of rotatable bonds is 3. The summed E-state index contributed by atoms with van der Waals surface area (Å²) in [6, 6.07) is 6.45. The summed E-state index contributed by atoms with van der Waals surface area (Å²) < 4.78 is 34.0. The number of aliphatic hydroxyl groups is 2. The third kappa shape index (κ3) is 2.82. The fourth-order valence-corrected chi connectivity index (χ4v) is 4.85. The first-order valence-corrected chi connectivity index (χ1v) is 10.5. The second kappa shape index (κ2) is 6.70. The fraction of sp³-hybridized carbons (Fsp3) is 0.294. The van der Waals surface area contributed by atoms with Crippen LogP contribution in [0, 0.1) is 0 Å². The number of fused-ring (bicyclic) bond motifs is 2. The Morgan fingerprint density at radius 1 is 1.20 bits per heavy atom. The highest BCUT2D eigenvalue weighted by molar-refractivity contribution is 7.90. The van der Waals surface area contributed by atoms with Crippen molar-refractivity contribution in [1.29, 1.82) is 0 Å². The normalized spacial score (nSPS) is 28.7. The lowest BCUT2D eigenvalue weighted by atomic mass is 10.1. The van der Waals surface area contributed by atoms with Crippen LogP contribution in [-0.4, -0.2) is 68.8 Å². The number of imidazole rings is 1. The van der Waals surface area contributed by atoms with Gasteiger partial charge in [0, 0.05) is 5.56 Å². The molecule has 4 atom stereocenters. The summed E-state index contributed by atoms with van der Waals surface area (Å²) in [6.07, 6.45) is -1.74. The van der Waals surface area contributed by atoms with Gasteiger partial charge in [-0.15, -0.1) is 0 Å². The molecule has 13 heteroatoms. The number of amidine groups is 1. The molecule has 30 heavy (non-hydrogen) atoms. The van der Waals surface area contributed by atoms with E-state index in [4.69, 9.17) is 10.5 Å². The molecule has 12 nitrogen and oxygen atoms in total. The van der Waals surface area contributed by atoms with Crippen molar-refractivity contribution in [1.82, 2.24) is 24.2 Å². The summed E-state index contributed by atoms with van der Waals surface area (Å²) in [5.41, 5.74) is 6.92. The van der Waals surface area contributed by atoms with Crippen molar-refractivity contribution in [2.75, 3.05) is 12.3 Å². The van der Waals surface area contributed by atoms with E-state index in [1.165, 1.54) is 23.3 Å². The molecule has 1 aromatic carbocycles. The minimum absolute atomic E-state index is 0.0787. The quantitative estimate of drug-likeness (QED) is 0.395. The maximum atomic E-state index is 12.2. The van der Waals surface area contributed by atoms with Crippen molar-refractivity contribution >= 4 is 32.8 Å². The Balaban J connectivity index is 1.41. The van der Waals surface area contributed by atoms with E-state index in [0.29, 0.717) is 16.7 Å². The van der Waals surface area contributed by atoms with Gasteiger partial charge in [-0.1, -0.05) is 12.1 Å². The Hall–Kier alpha value is -3.13. The fourth-order valence-electron chi connectivity index (χ4n) is 3.60. The number of nitrogens with two attached hydrogens (primary N) is 1. The van der Waals surface area contributed by atoms with E-state index >= 15 is 0 Å². The summed E-state index contributed by atoms with van der Waals surface area (Å²) in [5.74, 6) is 0.342. The molecule has 3 aromatic rings. The molecule has 5 N–H and O–H groups in total. The molecule has 156 valence electrons. The van der Waals surface area contributed by atoms with Crippen LogP contribution in [0.25, 0.3) is 11.2 Å². The molecule has 2 aromatic heterocycles. The van der Waals surface area contributed by atoms with E-state index < -0.39 is 34.6 Å². The third-order valence-corrected chi connectivity index (χ3v) is 6.49. The van der Waals surface area contributed by atoms with Gasteiger partial charge >= 0.3 is 0 Å². The maximum absolute atomic E-state index is 12.2. The van der Waals surface area contributed by atoms with Crippen molar-refractivity contribution in [2.24, 2.45) is 4.99 Å². The van der Waals surface area contributed by atoms with E-state index in [0.717, 1.165) is 0 Å². The topological polar surface area (TPSA) is 178 Å². The number of sulfonamides is 1. The van der Waals surface area contributed by atoms with E-state index in [-0.39, 0.29) is 23.1 Å². The standard InChI is InChI=1S/C17H17N7O5S/c18-14-11-16(21-6-20-14)24(7-22-11)17-13(26)12(25)9(29-17)5-19-15-8-3-1-2-4-10(8)30(27,28)23-15/h1-4,6-7,9,12-13,17,25-26H,5H2,(H,19,23)(H2,18,20,21)/t9-,12-,13-,17-/m1/s1. The number of nitrogens with one attached hydrogen (secondary N) is 1. The zero-order valence-electron chi connectivity index (χ0n) is 15.3. The largest absolute Gasteiger partial charge is 0.387 e. The Kier molecular flexibility index (Phi) is 4.21. The van der Waals surface area contributed by atoms with Crippen molar-refractivity contribution in [2.45, 2.75) is 29.4 Å². The highest BCUT2D eigenvalue weighted by Crippen LogP contribution is 2.32. The number of aliphatic imine (C=N–C) groups is 1. The van der Waals surface area contributed by atoms with Crippen LogP contribution in [0.15, 0.2) is 46.8 Å². The maximum Gasteiger partial charge on any atom is 0.263 e. The van der Waals surface area contributed by atoms with Crippen molar-refractivity contribution in [3.63, 3.8) is 0 Å². The molecule has 0 amide bonds. The predicted octanol–water partition coefficient (Wildman–Crippen LogP) is -1.23. The molecule has 1 saturated heterocycles. The first-order chi connectivity index (χ1) is 14.4. The van der Waals surface area contributed by atoms with E-state index in [1.54, 1.807) is 18.2 Å². The molecule has 0 unspecified atom stereocenters. The number of aromatic nitrogens is 4. The Morgan fingerprint density at radius 3 is 2.83 bits per heavy atom. The second-order valence-electron chi connectivity index (χ2n) is 6.92. The molecule has 0 radical (unpaired) electrons. The number of nitrogens with zero attached hydrogens (tertiary/aromatic N) is 5. The SMILES string of the molecule is Nc1ncnc2c1ncn2[C@@H]1O[C@H](CN=C2NS(=O)(=O)c3ccccc32)[C@@H](O)[C@H]1O. The minimum Gasteiger partial charge on any atom is -0.387 e. The molecule has 5 rings (SSSR count). The Bertz CT molecular complexity index is 1270. The number of hydrogen-bond donors (Lipinski definition) is 4. The van der Waals surface area contributed by atoms with Crippen molar-refractivity contribution in [3.8, 4) is 0 Å². The van der Waals surface area contributed by atoms with Gasteiger partial charge in [0.2, 0.25) is 0 Å². The highest BCUT2D eigenvalue weighted by Gasteiger charge is 2.44. The van der Waals surface area contributed by atoms with E-state index in [1.807, 2.05) is 0 Å². The highest BCUT2D eigenvalue weighted by atomic mass is 32.2. The monoisotopic (exact) mass is 431 g/mol. The number of benzene rings is 1. The van der Waals surface area contributed by atoms with E-state index in [9.17, 15) is 18.6 Å². The van der Waals surface area contributed by atoms with E-state index in [2.05, 4.69) is 24.7 Å². The van der Waals surface area contributed by atoms with Crippen LogP contribution in [0.5, 0.6) is 0 Å². The van der Waals surface area contributed by atoms with Crippen LogP contribution < -0.4 is 10.5 Å². The average molecular weight is 431 g/mol. The number of hydrogen-bond acceptors (Lipinski definition) is 10. The summed E-state index contributed by atoms with van der Waals surface area (Å²) in [5, 5.41) is 21.0. The van der Waals surface area contributed by atoms with Gasteiger partial charge in [0.15, 0.2) is 17.7 Å². The molecule has 1 fully saturated rings. The van der Waals surface area contributed by atoms with Gasteiger partial charge in [-0.2, -0.15) is 0 Å². The zero-order chi connectivity index (χ0) is 21.0. The van der Waals surface area contributed by atoms with Gasteiger partial charge in [0.25, 0.3) is 10.0 Å². The summed E-state index contributed by atoms with van der Waals surface area (Å²) in [4.78, 5) is 16.5. The van der Waals surface area contributed by atoms with Gasteiger partial charge in [-0.25, -0.2) is 23.4 Å². The first-order valence-electron chi connectivity index (χ1n) is 8.98. The molecule has 2 aliphatic rings. The predicted molar refractivity (Wildman–Crippen MR) is 104 cm³/mol. The van der Waals surface area contributed by atoms with Crippen LogP contribution in [0.3, 0.4) is 0 Å². The molecule has 4 heterocycles. The lowest BCUT2D eigenvalue weighted by molar-refractivity contribution is -0.0320. The summed E-state index contributed by atoms with van der Waals surface area (Å²) in [6.45, 7) is -0.0787. The third-order valence-electron chi connectivity index (χ3n) is 5.09. The van der Waals surface area contributed by atoms with Gasteiger partial charge in [-0.05, 0) is 12.1 Å². The van der Waals surface area contributed by atoms with Gasteiger partial charge in [0.05, 0.1) is 17.8 Å². The number of ether oxygens (including phenoxy) is 1.